The summed E-state index contributed by atoms with van der Waals surface area (Å²) < 4.78 is 5.29. The number of hydrogen-bond acceptors (Lipinski definition) is 3. The zero-order valence-electron chi connectivity index (χ0n) is 10.2. The Kier molecular flexibility index (Phi) is 9.46. The molecule has 6 heteroatoms. The van der Waals surface area contributed by atoms with Crippen LogP contribution in [0, 0.1) is 0 Å². The lowest BCUT2D eigenvalue weighted by Crippen LogP contribution is -2.34. The number of hydrogen-bond donors (Lipinski definition) is 2. The maximum absolute atomic E-state index is 11.4. The van der Waals surface area contributed by atoms with Crippen molar-refractivity contribution in [3.8, 4) is 5.75 Å². The number of carbonyl (C=O) groups is 1. The van der Waals surface area contributed by atoms with Crippen molar-refractivity contribution in [2.45, 2.75) is 6.92 Å². The SMILES string of the molecule is CCNCCNC(=O)COc1cccc(Cl)c1.Cl. The molecule has 0 radical (unpaired) electrons. The molecular formula is C12H18Cl2N2O2. The van der Waals surface area contributed by atoms with Crippen LogP contribution in [0.1, 0.15) is 6.92 Å². The van der Waals surface area contributed by atoms with E-state index in [1.54, 1.807) is 24.3 Å². The van der Waals surface area contributed by atoms with Crippen LogP contribution < -0.4 is 15.4 Å². The van der Waals surface area contributed by atoms with Crippen LogP contribution in [-0.2, 0) is 4.79 Å². The summed E-state index contributed by atoms with van der Waals surface area (Å²) in [6.45, 7) is 4.29. The topological polar surface area (TPSA) is 50.4 Å². The second-order valence-electron chi connectivity index (χ2n) is 3.45. The van der Waals surface area contributed by atoms with E-state index < -0.39 is 0 Å². The smallest absolute Gasteiger partial charge is 0.257 e. The Bertz CT molecular complexity index is 362. The first kappa shape index (κ1) is 17.0. The second kappa shape index (κ2) is 10.00. The summed E-state index contributed by atoms with van der Waals surface area (Å²) in [6, 6.07) is 6.97. The van der Waals surface area contributed by atoms with E-state index in [1.807, 2.05) is 6.92 Å². The Morgan fingerprint density at radius 2 is 2.17 bits per heavy atom. The lowest BCUT2D eigenvalue weighted by Gasteiger charge is -2.07. The number of ether oxygens (including phenoxy) is 1. The van der Waals surface area contributed by atoms with Crippen LogP contribution in [0.3, 0.4) is 0 Å². The van der Waals surface area contributed by atoms with Gasteiger partial charge in [0.15, 0.2) is 6.61 Å². The minimum atomic E-state index is -0.136. The highest BCUT2D eigenvalue weighted by Crippen LogP contribution is 2.16. The second-order valence-corrected chi connectivity index (χ2v) is 3.89. The third kappa shape index (κ3) is 7.37. The minimum absolute atomic E-state index is 0. The van der Waals surface area contributed by atoms with Gasteiger partial charge in [-0.2, -0.15) is 0 Å². The van der Waals surface area contributed by atoms with Crippen LogP contribution in [0.15, 0.2) is 24.3 Å². The summed E-state index contributed by atoms with van der Waals surface area (Å²) in [5.41, 5.74) is 0. The van der Waals surface area contributed by atoms with Crippen LogP contribution in [0.4, 0.5) is 0 Å². The molecule has 1 aromatic carbocycles. The van der Waals surface area contributed by atoms with E-state index in [2.05, 4.69) is 10.6 Å². The molecule has 0 fully saturated rings. The Balaban J connectivity index is 0.00000289. The fraction of sp³-hybridized carbons (Fsp3) is 0.417. The minimum Gasteiger partial charge on any atom is -0.484 e. The zero-order valence-corrected chi connectivity index (χ0v) is 11.8. The van der Waals surface area contributed by atoms with Gasteiger partial charge in [0, 0.05) is 18.1 Å². The molecule has 0 spiro atoms. The van der Waals surface area contributed by atoms with E-state index in [9.17, 15) is 4.79 Å². The first-order valence-electron chi connectivity index (χ1n) is 5.58. The normalized spacial score (nSPS) is 9.44. The third-order valence-corrected chi connectivity index (χ3v) is 2.28. The standard InChI is InChI=1S/C12H17ClN2O2.ClH/c1-2-14-6-7-15-12(16)9-17-11-5-3-4-10(13)8-11;/h3-5,8,14H,2,6-7,9H2,1H3,(H,15,16);1H. The summed E-state index contributed by atoms with van der Waals surface area (Å²) in [5, 5.41) is 6.45. The molecule has 1 aromatic rings. The first-order chi connectivity index (χ1) is 8.22. The van der Waals surface area contributed by atoms with Crippen LogP contribution in [-0.4, -0.2) is 32.1 Å². The zero-order chi connectivity index (χ0) is 12.5. The average molecular weight is 293 g/mol. The quantitative estimate of drug-likeness (QED) is 0.755. The number of benzene rings is 1. The Morgan fingerprint density at radius 3 is 2.83 bits per heavy atom. The maximum Gasteiger partial charge on any atom is 0.257 e. The molecule has 0 aromatic heterocycles. The number of carbonyl (C=O) groups excluding carboxylic acids is 1. The fourth-order valence-corrected chi connectivity index (χ4v) is 1.40. The highest BCUT2D eigenvalue weighted by Gasteiger charge is 2.01. The molecule has 0 heterocycles. The Labute approximate surface area is 118 Å². The van der Waals surface area contributed by atoms with Crippen LogP contribution in [0.5, 0.6) is 5.75 Å². The molecule has 0 unspecified atom stereocenters. The van der Waals surface area contributed by atoms with E-state index in [0.717, 1.165) is 13.1 Å². The van der Waals surface area contributed by atoms with Crippen LogP contribution in [0.25, 0.3) is 0 Å². The van der Waals surface area contributed by atoms with E-state index in [1.165, 1.54) is 0 Å². The van der Waals surface area contributed by atoms with Crippen molar-refractivity contribution < 1.29 is 9.53 Å². The van der Waals surface area contributed by atoms with Crippen molar-refractivity contribution in [3.05, 3.63) is 29.3 Å². The number of amides is 1. The van der Waals surface area contributed by atoms with Gasteiger partial charge in [-0.3, -0.25) is 4.79 Å². The lowest BCUT2D eigenvalue weighted by molar-refractivity contribution is -0.123. The lowest BCUT2D eigenvalue weighted by atomic mass is 10.3. The Hall–Kier alpha value is -0.970. The molecule has 102 valence electrons. The van der Waals surface area contributed by atoms with E-state index in [0.29, 0.717) is 17.3 Å². The van der Waals surface area contributed by atoms with Gasteiger partial charge in [0.25, 0.3) is 5.91 Å². The number of likely N-dealkylation sites (N-methyl/N-ethyl adjacent to an activating group) is 1. The molecule has 0 aliphatic carbocycles. The number of rotatable bonds is 7. The van der Waals surface area contributed by atoms with E-state index in [4.69, 9.17) is 16.3 Å². The van der Waals surface area contributed by atoms with Gasteiger partial charge >= 0.3 is 0 Å². The predicted octanol–water partition coefficient (Wildman–Crippen LogP) is 1.87. The maximum atomic E-state index is 11.4. The summed E-state index contributed by atoms with van der Waals surface area (Å²) in [7, 11) is 0. The molecular weight excluding hydrogens is 275 g/mol. The monoisotopic (exact) mass is 292 g/mol. The third-order valence-electron chi connectivity index (χ3n) is 2.04. The molecule has 0 saturated heterocycles. The summed E-state index contributed by atoms with van der Waals surface area (Å²) >= 11 is 5.79. The largest absolute Gasteiger partial charge is 0.484 e. The molecule has 0 atom stereocenters. The molecule has 0 aliphatic rings. The van der Waals surface area contributed by atoms with Gasteiger partial charge in [-0.05, 0) is 24.7 Å². The summed E-state index contributed by atoms with van der Waals surface area (Å²) in [5.74, 6) is 0.460. The summed E-state index contributed by atoms with van der Waals surface area (Å²) in [4.78, 5) is 11.4. The molecule has 2 N–H and O–H groups in total. The van der Waals surface area contributed by atoms with Gasteiger partial charge in [0.2, 0.25) is 0 Å². The summed E-state index contributed by atoms with van der Waals surface area (Å²) in [6.07, 6.45) is 0. The molecule has 1 rings (SSSR count). The van der Waals surface area contributed by atoms with Gasteiger partial charge in [-0.25, -0.2) is 0 Å². The van der Waals surface area contributed by atoms with Crippen molar-refractivity contribution in [3.63, 3.8) is 0 Å². The molecule has 1 amide bonds. The number of nitrogens with one attached hydrogen (secondary N) is 2. The van der Waals surface area contributed by atoms with Crippen molar-refractivity contribution in [1.29, 1.82) is 0 Å². The van der Waals surface area contributed by atoms with E-state index in [-0.39, 0.29) is 24.9 Å². The van der Waals surface area contributed by atoms with Crippen molar-refractivity contribution in [2.75, 3.05) is 26.2 Å². The van der Waals surface area contributed by atoms with Gasteiger partial charge in [0.05, 0.1) is 0 Å². The van der Waals surface area contributed by atoms with Crippen molar-refractivity contribution >= 4 is 29.9 Å². The molecule has 4 nitrogen and oxygen atoms in total. The van der Waals surface area contributed by atoms with Gasteiger partial charge < -0.3 is 15.4 Å². The van der Waals surface area contributed by atoms with Crippen LogP contribution >= 0.6 is 24.0 Å². The van der Waals surface area contributed by atoms with Gasteiger partial charge in [-0.15, -0.1) is 12.4 Å². The first-order valence-corrected chi connectivity index (χ1v) is 5.96. The fourth-order valence-electron chi connectivity index (χ4n) is 1.22. The Morgan fingerprint density at radius 1 is 1.39 bits per heavy atom. The highest BCUT2D eigenvalue weighted by atomic mass is 35.5. The molecule has 0 aliphatic heterocycles. The van der Waals surface area contributed by atoms with Crippen molar-refractivity contribution in [2.24, 2.45) is 0 Å². The van der Waals surface area contributed by atoms with Gasteiger partial charge in [-0.1, -0.05) is 24.6 Å². The molecule has 18 heavy (non-hydrogen) atoms. The van der Waals surface area contributed by atoms with Gasteiger partial charge in [0.1, 0.15) is 5.75 Å². The predicted molar refractivity (Wildman–Crippen MR) is 75.7 cm³/mol. The van der Waals surface area contributed by atoms with Crippen LogP contribution in [0.2, 0.25) is 5.02 Å². The molecule has 0 bridgehead atoms. The average Bonchev–Trinajstić information content (AvgIpc) is 2.32. The molecule has 0 saturated carbocycles. The highest BCUT2D eigenvalue weighted by molar-refractivity contribution is 6.30. The van der Waals surface area contributed by atoms with Crippen molar-refractivity contribution in [1.82, 2.24) is 10.6 Å². The van der Waals surface area contributed by atoms with E-state index >= 15 is 0 Å². The number of halogens is 2.